The van der Waals surface area contributed by atoms with Crippen LogP contribution in [0.2, 0.25) is 0 Å². The van der Waals surface area contributed by atoms with Crippen LogP contribution in [0.15, 0.2) is 29.3 Å². The molecule has 2 aromatic rings. The van der Waals surface area contributed by atoms with E-state index in [1.54, 1.807) is 11.8 Å². The molecule has 0 spiro atoms. The molecular weight excluding hydrogens is 232 g/mol. The SMILES string of the molecule is Cc1nnc(SC(C)CCO)c2ccccc12. The zero-order valence-electron chi connectivity index (χ0n) is 10.1. The molecule has 0 bridgehead atoms. The zero-order chi connectivity index (χ0) is 12.3. The summed E-state index contributed by atoms with van der Waals surface area (Å²) in [6.07, 6.45) is 0.772. The molecule has 1 aromatic carbocycles. The Labute approximate surface area is 105 Å². The van der Waals surface area contributed by atoms with Crippen LogP contribution in [0.5, 0.6) is 0 Å². The maximum absolute atomic E-state index is 8.92. The third kappa shape index (κ3) is 2.76. The Bertz CT molecular complexity index is 516. The number of hydrogen-bond donors (Lipinski definition) is 1. The van der Waals surface area contributed by atoms with Crippen LogP contribution < -0.4 is 0 Å². The van der Waals surface area contributed by atoms with E-state index in [9.17, 15) is 0 Å². The van der Waals surface area contributed by atoms with E-state index in [0.29, 0.717) is 5.25 Å². The standard InChI is InChI=1S/C13H16N2OS/c1-9(7-8-16)17-13-12-6-4-3-5-11(12)10(2)14-15-13/h3-6,9,16H,7-8H2,1-2H3. The first-order valence-corrected chi connectivity index (χ1v) is 6.60. The molecular formula is C13H16N2OS. The molecule has 0 aliphatic rings. The van der Waals surface area contributed by atoms with E-state index in [0.717, 1.165) is 27.9 Å². The fourth-order valence-electron chi connectivity index (χ4n) is 1.73. The minimum absolute atomic E-state index is 0.214. The minimum atomic E-state index is 0.214. The highest BCUT2D eigenvalue weighted by Gasteiger charge is 2.10. The molecule has 0 fully saturated rings. The van der Waals surface area contributed by atoms with Crippen LogP contribution >= 0.6 is 11.8 Å². The molecule has 3 nitrogen and oxygen atoms in total. The van der Waals surface area contributed by atoms with Crippen molar-refractivity contribution in [1.29, 1.82) is 0 Å². The van der Waals surface area contributed by atoms with Crippen molar-refractivity contribution in [2.24, 2.45) is 0 Å². The molecule has 1 unspecified atom stereocenters. The van der Waals surface area contributed by atoms with Gasteiger partial charge in [0.05, 0.1) is 5.69 Å². The Kier molecular flexibility index (Phi) is 3.97. The van der Waals surface area contributed by atoms with Crippen molar-refractivity contribution in [3.8, 4) is 0 Å². The van der Waals surface area contributed by atoms with Crippen molar-refractivity contribution in [3.05, 3.63) is 30.0 Å². The van der Waals surface area contributed by atoms with Crippen LogP contribution in [0.1, 0.15) is 19.0 Å². The monoisotopic (exact) mass is 248 g/mol. The second kappa shape index (κ2) is 5.47. The van der Waals surface area contributed by atoms with Crippen molar-refractivity contribution in [1.82, 2.24) is 10.2 Å². The molecule has 0 aliphatic carbocycles. The average Bonchev–Trinajstić information content (AvgIpc) is 2.34. The number of rotatable bonds is 4. The summed E-state index contributed by atoms with van der Waals surface area (Å²) >= 11 is 1.67. The Morgan fingerprint density at radius 2 is 1.94 bits per heavy atom. The first kappa shape index (κ1) is 12.3. The first-order chi connectivity index (χ1) is 8.22. The highest BCUT2D eigenvalue weighted by molar-refractivity contribution is 8.00. The number of benzene rings is 1. The van der Waals surface area contributed by atoms with Crippen molar-refractivity contribution in [3.63, 3.8) is 0 Å². The van der Waals surface area contributed by atoms with Gasteiger partial charge in [0.1, 0.15) is 5.03 Å². The topological polar surface area (TPSA) is 46.0 Å². The van der Waals surface area contributed by atoms with Gasteiger partial charge in [0.2, 0.25) is 0 Å². The van der Waals surface area contributed by atoms with Gasteiger partial charge in [-0.1, -0.05) is 31.2 Å². The lowest BCUT2D eigenvalue weighted by Gasteiger charge is -2.10. The van der Waals surface area contributed by atoms with E-state index in [1.807, 2.05) is 19.1 Å². The Hall–Kier alpha value is -1.13. The van der Waals surface area contributed by atoms with Crippen molar-refractivity contribution in [2.75, 3.05) is 6.61 Å². The summed E-state index contributed by atoms with van der Waals surface area (Å²) in [7, 11) is 0. The maximum Gasteiger partial charge on any atom is 0.127 e. The Morgan fingerprint density at radius 3 is 2.65 bits per heavy atom. The summed E-state index contributed by atoms with van der Waals surface area (Å²) in [6, 6.07) is 8.18. The summed E-state index contributed by atoms with van der Waals surface area (Å²) in [6.45, 7) is 4.28. The van der Waals surface area contributed by atoms with Gasteiger partial charge < -0.3 is 5.11 Å². The molecule has 0 amide bonds. The molecule has 0 radical (unpaired) electrons. The molecule has 1 N–H and O–H groups in total. The van der Waals surface area contributed by atoms with Gasteiger partial charge >= 0.3 is 0 Å². The van der Waals surface area contributed by atoms with Crippen molar-refractivity contribution in [2.45, 2.75) is 30.5 Å². The second-order valence-electron chi connectivity index (χ2n) is 4.08. The smallest absolute Gasteiger partial charge is 0.127 e. The second-order valence-corrected chi connectivity index (χ2v) is 5.50. The third-order valence-electron chi connectivity index (χ3n) is 2.69. The minimum Gasteiger partial charge on any atom is -0.396 e. The van der Waals surface area contributed by atoms with E-state index in [-0.39, 0.29) is 6.61 Å². The summed E-state index contributed by atoms with van der Waals surface area (Å²) in [4.78, 5) is 0. The predicted octanol–water partition coefficient (Wildman–Crippen LogP) is 2.80. The quantitative estimate of drug-likeness (QED) is 0.845. The molecule has 1 aromatic heterocycles. The lowest BCUT2D eigenvalue weighted by molar-refractivity contribution is 0.289. The molecule has 1 atom stereocenters. The number of aromatic nitrogens is 2. The number of aryl methyl sites for hydroxylation is 1. The van der Waals surface area contributed by atoms with Crippen LogP contribution in [0.3, 0.4) is 0 Å². The summed E-state index contributed by atoms with van der Waals surface area (Å²) in [5.41, 5.74) is 0.958. The van der Waals surface area contributed by atoms with Crippen LogP contribution in [0.25, 0.3) is 10.8 Å². The van der Waals surface area contributed by atoms with Crippen LogP contribution in [0.4, 0.5) is 0 Å². The average molecular weight is 248 g/mol. The highest BCUT2D eigenvalue weighted by Crippen LogP contribution is 2.30. The fraction of sp³-hybridized carbons (Fsp3) is 0.385. The number of aliphatic hydroxyl groups is 1. The predicted molar refractivity (Wildman–Crippen MR) is 71.3 cm³/mol. The van der Waals surface area contributed by atoms with E-state index in [2.05, 4.69) is 29.3 Å². The van der Waals surface area contributed by atoms with Crippen molar-refractivity contribution >= 4 is 22.5 Å². The number of hydrogen-bond acceptors (Lipinski definition) is 4. The van der Waals surface area contributed by atoms with E-state index >= 15 is 0 Å². The number of thioether (sulfide) groups is 1. The Balaban J connectivity index is 2.38. The van der Waals surface area contributed by atoms with Gasteiger partial charge in [-0.3, -0.25) is 0 Å². The lowest BCUT2D eigenvalue weighted by atomic mass is 10.1. The molecule has 0 aliphatic heterocycles. The van der Waals surface area contributed by atoms with Gasteiger partial charge in [0, 0.05) is 22.6 Å². The fourth-order valence-corrected chi connectivity index (χ4v) is 2.73. The van der Waals surface area contributed by atoms with Gasteiger partial charge in [0.25, 0.3) is 0 Å². The normalized spacial score (nSPS) is 12.9. The van der Waals surface area contributed by atoms with Crippen molar-refractivity contribution < 1.29 is 5.11 Å². The largest absolute Gasteiger partial charge is 0.396 e. The molecule has 1 heterocycles. The van der Waals surface area contributed by atoms with Gasteiger partial charge in [-0.15, -0.1) is 16.9 Å². The number of fused-ring (bicyclic) bond motifs is 1. The van der Waals surface area contributed by atoms with E-state index in [1.165, 1.54) is 0 Å². The molecule has 2 rings (SSSR count). The van der Waals surface area contributed by atoms with E-state index in [4.69, 9.17) is 5.11 Å². The maximum atomic E-state index is 8.92. The lowest BCUT2D eigenvalue weighted by Crippen LogP contribution is -2.01. The molecule has 90 valence electrons. The highest BCUT2D eigenvalue weighted by atomic mass is 32.2. The summed E-state index contributed by atoms with van der Waals surface area (Å²) < 4.78 is 0. The van der Waals surface area contributed by atoms with Crippen LogP contribution in [-0.4, -0.2) is 27.2 Å². The number of aliphatic hydroxyl groups excluding tert-OH is 1. The molecule has 17 heavy (non-hydrogen) atoms. The molecule has 0 saturated heterocycles. The Morgan fingerprint density at radius 1 is 1.24 bits per heavy atom. The third-order valence-corrected chi connectivity index (χ3v) is 3.85. The van der Waals surface area contributed by atoms with Gasteiger partial charge in [-0.2, -0.15) is 5.10 Å². The molecule has 0 saturated carbocycles. The van der Waals surface area contributed by atoms with Crippen LogP contribution in [0, 0.1) is 6.92 Å². The summed E-state index contributed by atoms with van der Waals surface area (Å²) in [5, 5.41) is 21.0. The summed E-state index contributed by atoms with van der Waals surface area (Å²) in [5.74, 6) is 0. The van der Waals surface area contributed by atoms with Crippen LogP contribution in [-0.2, 0) is 0 Å². The van der Waals surface area contributed by atoms with Gasteiger partial charge in [-0.25, -0.2) is 0 Å². The zero-order valence-corrected chi connectivity index (χ0v) is 10.9. The molecule has 4 heteroatoms. The number of nitrogens with zero attached hydrogens (tertiary/aromatic N) is 2. The van der Waals surface area contributed by atoms with E-state index < -0.39 is 0 Å². The van der Waals surface area contributed by atoms with Gasteiger partial charge in [-0.05, 0) is 13.3 Å². The first-order valence-electron chi connectivity index (χ1n) is 5.72. The van der Waals surface area contributed by atoms with Gasteiger partial charge in [0.15, 0.2) is 0 Å².